The lowest BCUT2D eigenvalue weighted by Crippen LogP contribution is -2.66. The summed E-state index contributed by atoms with van der Waals surface area (Å²) in [4.78, 5) is 11.5. The number of anilines is 1. The van der Waals surface area contributed by atoms with Gasteiger partial charge in [-0.25, -0.2) is 4.79 Å². The number of carbonyl (C=O) groups excluding carboxylic acids is 1. The van der Waals surface area contributed by atoms with E-state index in [1.54, 1.807) is 0 Å². The minimum atomic E-state index is -5.91. The molecule has 0 unspecified atom stereocenters. The number of hydrogen-bond acceptors (Lipinski definition) is 2. The molecule has 0 bridgehead atoms. The number of urea groups is 1. The van der Waals surface area contributed by atoms with Gasteiger partial charge in [0.2, 0.25) is 5.54 Å². The standard InChI is InChI=1S/C12H9F9N2O2/c1-9(10(13,14)15,11(16,17)18)23-8(24)22-6-4-2-3-5-7(6)25-12(19,20)21/h2-5H,1H3,(H2,22,23,24). The summed E-state index contributed by atoms with van der Waals surface area (Å²) in [5, 5.41) is 2.13. The van der Waals surface area contributed by atoms with Gasteiger partial charge in [0, 0.05) is 0 Å². The first-order valence-electron chi connectivity index (χ1n) is 6.14. The zero-order valence-corrected chi connectivity index (χ0v) is 12.0. The maximum Gasteiger partial charge on any atom is 0.573 e. The summed E-state index contributed by atoms with van der Waals surface area (Å²) >= 11 is 0. The van der Waals surface area contributed by atoms with E-state index in [0.29, 0.717) is 11.4 Å². The monoisotopic (exact) mass is 384 g/mol. The molecule has 0 aromatic heterocycles. The fraction of sp³-hybridized carbons (Fsp3) is 0.417. The molecule has 0 aliphatic rings. The van der Waals surface area contributed by atoms with Gasteiger partial charge in [-0.05, 0) is 19.1 Å². The fourth-order valence-corrected chi connectivity index (χ4v) is 1.47. The SMILES string of the molecule is CC(NC(=O)Nc1ccccc1OC(F)(F)F)(C(F)(F)F)C(F)(F)F. The van der Waals surface area contributed by atoms with Gasteiger partial charge in [0.15, 0.2) is 5.75 Å². The minimum absolute atomic E-state index is 0.329. The first kappa shape index (κ1) is 20.7. The molecule has 0 aliphatic carbocycles. The molecule has 0 aliphatic heterocycles. The van der Waals surface area contributed by atoms with Gasteiger partial charge in [0.1, 0.15) is 0 Å². The van der Waals surface area contributed by atoms with Crippen molar-refractivity contribution in [1.29, 1.82) is 0 Å². The van der Waals surface area contributed by atoms with Crippen LogP contribution in [0.3, 0.4) is 0 Å². The average Bonchev–Trinajstić information content (AvgIpc) is 2.36. The van der Waals surface area contributed by atoms with Gasteiger partial charge >= 0.3 is 24.7 Å². The Morgan fingerprint density at radius 3 is 1.84 bits per heavy atom. The lowest BCUT2D eigenvalue weighted by atomic mass is 10.0. The molecular formula is C12H9F9N2O2. The maximum atomic E-state index is 12.7. The van der Waals surface area contributed by atoms with E-state index in [9.17, 15) is 44.3 Å². The molecule has 2 amide bonds. The van der Waals surface area contributed by atoms with Crippen LogP contribution in [-0.4, -0.2) is 30.3 Å². The molecule has 142 valence electrons. The molecule has 0 heterocycles. The van der Waals surface area contributed by atoms with Crippen molar-refractivity contribution in [1.82, 2.24) is 5.32 Å². The van der Waals surface area contributed by atoms with Crippen molar-refractivity contribution in [2.24, 2.45) is 0 Å². The molecule has 0 saturated heterocycles. The Kier molecular flexibility index (Phi) is 5.40. The van der Waals surface area contributed by atoms with Gasteiger partial charge in [0.05, 0.1) is 5.69 Å². The molecule has 0 fully saturated rings. The van der Waals surface area contributed by atoms with Crippen molar-refractivity contribution in [3.8, 4) is 5.75 Å². The van der Waals surface area contributed by atoms with Gasteiger partial charge in [0.25, 0.3) is 0 Å². The number of carbonyl (C=O) groups is 1. The third kappa shape index (κ3) is 5.06. The van der Waals surface area contributed by atoms with E-state index < -0.39 is 41.7 Å². The number of halogens is 9. The Bertz CT molecular complexity index is 608. The highest BCUT2D eigenvalue weighted by molar-refractivity contribution is 5.91. The van der Waals surface area contributed by atoms with Gasteiger partial charge in [-0.1, -0.05) is 12.1 Å². The Morgan fingerprint density at radius 2 is 1.40 bits per heavy atom. The molecule has 0 saturated carbocycles. The average molecular weight is 384 g/mol. The Balaban J connectivity index is 3.04. The fourth-order valence-electron chi connectivity index (χ4n) is 1.47. The van der Waals surface area contributed by atoms with Crippen LogP contribution in [0.2, 0.25) is 0 Å². The highest BCUT2D eigenvalue weighted by Gasteiger charge is 2.68. The first-order valence-corrected chi connectivity index (χ1v) is 6.14. The second-order valence-electron chi connectivity index (χ2n) is 4.74. The zero-order chi connectivity index (χ0) is 19.7. The Hall–Kier alpha value is -2.34. The van der Waals surface area contributed by atoms with Crippen LogP contribution < -0.4 is 15.4 Å². The van der Waals surface area contributed by atoms with Crippen LogP contribution in [-0.2, 0) is 0 Å². The van der Waals surface area contributed by atoms with E-state index in [1.807, 2.05) is 0 Å². The van der Waals surface area contributed by atoms with Crippen molar-refractivity contribution >= 4 is 11.7 Å². The van der Waals surface area contributed by atoms with E-state index >= 15 is 0 Å². The van der Waals surface area contributed by atoms with Crippen LogP contribution in [0.1, 0.15) is 6.92 Å². The predicted molar refractivity (Wildman–Crippen MR) is 65.8 cm³/mol. The van der Waals surface area contributed by atoms with E-state index in [-0.39, 0.29) is 6.92 Å². The number of para-hydroxylation sites is 2. The molecule has 1 aromatic carbocycles. The highest BCUT2D eigenvalue weighted by Crippen LogP contribution is 2.42. The number of rotatable bonds is 3. The maximum absolute atomic E-state index is 12.7. The van der Waals surface area contributed by atoms with Crippen LogP contribution in [0.5, 0.6) is 5.75 Å². The lowest BCUT2D eigenvalue weighted by Gasteiger charge is -2.34. The van der Waals surface area contributed by atoms with Crippen LogP contribution in [0.15, 0.2) is 24.3 Å². The van der Waals surface area contributed by atoms with E-state index in [2.05, 4.69) is 4.74 Å². The topological polar surface area (TPSA) is 50.4 Å². The van der Waals surface area contributed by atoms with Crippen LogP contribution in [0, 0.1) is 0 Å². The molecule has 13 heteroatoms. The second kappa shape index (κ2) is 6.52. The molecule has 1 rings (SSSR count). The third-order valence-corrected chi connectivity index (χ3v) is 2.86. The van der Waals surface area contributed by atoms with Crippen LogP contribution in [0.25, 0.3) is 0 Å². The number of alkyl halides is 9. The number of ether oxygens (including phenoxy) is 1. The summed E-state index contributed by atoms with van der Waals surface area (Å²) in [7, 11) is 0. The van der Waals surface area contributed by atoms with Crippen molar-refractivity contribution in [2.75, 3.05) is 5.32 Å². The number of hydrogen-bond donors (Lipinski definition) is 2. The van der Waals surface area contributed by atoms with Gasteiger partial charge in [-0.2, -0.15) is 26.3 Å². The molecule has 0 radical (unpaired) electrons. The molecule has 2 N–H and O–H groups in total. The third-order valence-electron chi connectivity index (χ3n) is 2.86. The van der Waals surface area contributed by atoms with E-state index in [1.165, 1.54) is 5.32 Å². The minimum Gasteiger partial charge on any atom is -0.404 e. The number of nitrogens with one attached hydrogen (secondary N) is 2. The van der Waals surface area contributed by atoms with Gasteiger partial charge in [-0.3, -0.25) is 0 Å². The Labute approximate surface area is 133 Å². The van der Waals surface area contributed by atoms with Crippen molar-refractivity contribution in [3.05, 3.63) is 24.3 Å². The molecule has 4 nitrogen and oxygen atoms in total. The second-order valence-corrected chi connectivity index (χ2v) is 4.74. The highest BCUT2D eigenvalue weighted by atomic mass is 19.4. The summed E-state index contributed by atoms with van der Waals surface area (Å²) in [6.45, 7) is -0.329. The zero-order valence-electron chi connectivity index (χ0n) is 12.0. The molecule has 1 aromatic rings. The van der Waals surface area contributed by atoms with Crippen molar-refractivity contribution in [2.45, 2.75) is 31.2 Å². The van der Waals surface area contributed by atoms with Gasteiger partial charge < -0.3 is 15.4 Å². The summed E-state index contributed by atoms with van der Waals surface area (Å²) in [6, 6.07) is 1.58. The summed E-state index contributed by atoms with van der Waals surface area (Å²) in [5.41, 5.74) is -5.41. The number of amides is 2. The van der Waals surface area contributed by atoms with Crippen LogP contribution in [0.4, 0.5) is 50.0 Å². The molecule has 25 heavy (non-hydrogen) atoms. The van der Waals surface area contributed by atoms with Gasteiger partial charge in [-0.15, -0.1) is 13.2 Å². The summed E-state index contributed by atoms with van der Waals surface area (Å²) < 4.78 is 116. The smallest absolute Gasteiger partial charge is 0.404 e. The quantitative estimate of drug-likeness (QED) is 0.749. The predicted octanol–water partition coefficient (Wildman–Crippen LogP) is 4.59. The normalized spacial score (nSPS) is 13.4. The summed E-state index contributed by atoms with van der Waals surface area (Å²) in [6.07, 6.45) is -17.0. The Morgan fingerprint density at radius 1 is 0.920 bits per heavy atom. The number of benzene rings is 1. The largest absolute Gasteiger partial charge is 0.573 e. The molecule has 0 spiro atoms. The van der Waals surface area contributed by atoms with E-state index in [4.69, 9.17) is 0 Å². The first-order chi connectivity index (χ1) is 11.1. The molecular weight excluding hydrogens is 375 g/mol. The van der Waals surface area contributed by atoms with Crippen molar-refractivity contribution in [3.63, 3.8) is 0 Å². The lowest BCUT2D eigenvalue weighted by molar-refractivity contribution is -0.297. The summed E-state index contributed by atoms with van der Waals surface area (Å²) in [5.74, 6) is -1.02. The van der Waals surface area contributed by atoms with Crippen LogP contribution >= 0.6 is 0 Å². The van der Waals surface area contributed by atoms with Crippen molar-refractivity contribution < 1.29 is 49.0 Å². The molecule has 0 atom stereocenters. The van der Waals surface area contributed by atoms with E-state index in [0.717, 1.165) is 18.2 Å².